The Bertz CT molecular complexity index is 811. The second kappa shape index (κ2) is 12.8. The molecule has 2 aromatic rings. The number of hydrogen-bond acceptors (Lipinski definition) is 5. The standard InChI is InChI=1S/C22H27BrN2O4/c1-3-4-5-6-12-28-20-11-10-17(13-21(20)27-2)15-24-25-22(26)16-29-19-9-7-8-18(23)14-19/h7-11,13-15H,3-6,12,16H2,1-2H3,(H,25,26)/b24-15-. The molecule has 0 saturated carbocycles. The summed E-state index contributed by atoms with van der Waals surface area (Å²) >= 11 is 3.35. The van der Waals surface area contributed by atoms with E-state index >= 15 is 0 Å². The van der Waals surface area contributed by atoms with Crippen LogP contribution in [-0.2, 0) is 4.79 Å². The summed E-state index contributed by atoms with van der Waals surface area (Å²) in [6, 6.07) is 12.8. The van der Waals surface area contributed by atoms with Crippen LogP contribution >= 0.6 is 15.9 Å². The Hall–Kier alpha value is -2.54. The van der Waals surface area contributed by atoms with Crippen LogP contribution in [0.4, 0.5) is 0 Å². The van der Waals surface area contributed by atoms with E-state index in [4.69, 9.17) is 14.2 Å². The molecule has 0 aliphatic carbocycles. The van der Waals surface area contributed by atoms with Gasteiger partial charge in [0.25, 0.3) is 5.91 Å². The molecule has 2 rings (SSSR count). The monoisotopic (exact) mass is 462 g/mol. The summed E-state index contributed by atoms with van der Waals surface area (Å²) in [7, 11) is 1.60. The van der Waals surface area contributed by atoms with Crippen molar-refractivity contribution in [2.45, 2.75) is 32.6 Å². The minimum absolute atomic E-state index is 0.123. The number of nitrogens with zero attached hydrogens (tertiary/aromatic N) is 1. The Morgan fingerprint density at radius 2 is 1.97 bits per heavy atom. The van der Waals surface area contributed by atoms with E-state index in [9.17, 15) is 4.79 Å². The first kappa shape index (κ1) is 22.7. The number of rotatable bonds is 12. The Morgan fingerprint density at radius 1 is 1.10 bits per heavy atom. The molecule has 29 heavy (non-hydrogen) atoms. The predicted octanol–water partition coefficient (Wildman–Crippen LogP) is 4.95. The van der Waals surface area contributed by atoms with Crippen LogP contribution in [0.2, 0.25) is 0 Å². The van der Waals surface area contributed by atoms with Crippen LogP contribution in [0, 0.1) is 0 Å². The second-order valence-electron chi connectivity index (χ2n) is 6.36. The highest BCUT2D eigenvalue weighted by atomic mass is 79.9. The minimum Gasteiger partial charge on any atom is -0.493 e. The minimum atomic E-state index is -0.347. The number of ether oxygens (including phenoxy) is 3. The molecule has 0 fully saturated rings. The van der Waals surface area contributed by atoms with E-state index < -0.39 is 0 Å². The molecule has 1 N–H and O–H groups in total. The van der Waals surface area contributed by atoms with Gasteiger partial charge in [0.15, 0.2) is 18.1 Å². The lowest BCUT2D eigenvalue weighted by atomic mass is 10.2. The van der Waals surface area contributed by atoms with Crippen molar-refractivity contribution in [3.8, 4) is 17.2 Å². The highest BCUT2D eigenvalue weighted by molar-refractivity contribution is 9.10. The van der Waals surface area contributed by atoms with Crippen LogP contribution in [0.5, 0.6) is 17.2 Å². The Balaban J connectivity index is 1.80. The van der Waals surface area contributed by atoms with Crippen LogP contribution in [-0.4, -0.2) is 32.4 Å². The third-order valence-electron chi connectivity index (χ3n) is 4.01. The van der Waals surface area contributed by atoms with E-state index in [2.05, 4.69) is 33.4 Å². The summed E-state index contributed by atoms with van der Waals surface area (Å²) < 4.78 is 17.5. The fraction of sp³-hybridized carbons (Fsp3) is 0.364. The SMILES string of the molecule is CCCCCCOc1ccc(/C=N\NC(=O)COc2cccc(Br)c2)cc1OC. The van der Waals surface area contributed by atoms with Gasteiger partial charge in [-0.25, -0.2) is 5.43 Å². The molecule has 156 valence electrons. The van der Waals surface area contributed by atoms with Gasteiger partial charge in [-0.2, -0.15) is 5.10 Å². The number of nitrogens with one attached hydrogen (secondary N) is 1. The lowest BCUT2D eigenvalue weighted by Gasteiger charge is -2.11. The van der Waals surface area contributed by atoms with Gasteiger partial charge in [-0.3, -0.25) is 4.79 Å². The normalized spacial score (nSPS) is 10.7. The van der Waals surface area contributed by atoms with Crippen molar-refractivity contribution >= 4 is 28.1 Å². The summed E-state index contributed by atoms with van der Waals surface area (Å²) in [6.07, 6.45) is 6.15. The zero-order valence-corrected chi connectivity index (χ0v) is 18.4. The van der Waals surface area contributed by atoms with Gasteiger partial charge >= 0.3 is 0 Å². The zero-order chi connectivity index (χ0) is 20.9. The van der Waals surface area contributed by atoms with Crippen LogP contribution in [0.3, 0.4) is 0 Å². The number of carbonyl (C=O) groups is 1. The number of methoxy groups -OCH3 is 1. The Kier molecular flexibility index (Phi) is 10.1. The quantitative estimate of drug-likeness (QED) is 0.275. The maximum Gasteiger partial charge on any atom is 0.277 e. The molecule has 7 heteroatoms. The highest BCUT2D eigenvalue weighted by Crippen LogP contribution is 2.27. The highest BCUT2D eigenvalue weighted by Gasteiger charge is 2.06. The number of hydrogen-bond donors (Lipinski definition) is 1. The second-order valence-corrected chi connectivity index (χ2v) is 7.27. The van der Waals surface area contributed by atoms with Gasteiger partial charge in [0.05, 0.1) is 19.9 Å². The van der Waals surface area contributed by atoms with E-state index in [1.54, 1.807) is 25.5 Å². The molecule has 0 radical (unpaired) electrons. The molecule has 0 bridgehead atoms. The summed E-state index contributed by atoms with van der Waals surface area (Å²) in [6.45, 7) is 2.72. The van der Waals surface area contributed by atoms with E-state index in [-0.39, 0.29) is 12.5 Å². The lowest BCUT2D eigenvalue weighted by Crippen LogP contribution is -2.24. The molecule has 2 aromatic carbocycles. The van der Waals surface area contributed by atoms with Gasteiger partial charge in [-0.1, -0.05) is 48.2 Å². The zero-order valence-electron chi connectivity index (χ0n) is 16.8. The predicted molar refractivity (Wildman–Crippen MR) is 118 cm³/mol. The Labute approximate surface area is 180 Å². The van der Waals surface area contributed by atoms with Crippen molar-refractivity contribution in [2.24, 2.45) is 5.10 Å². The van der Waals surface area contributed by atoms with Crippen LogP contribution in [0.25, 0.3) is 0 Å². The molecule has 6 nitrogen and oxygen atoms in total. The largest absolute Gasteiger partial charge is 0.493 e. The molecule has 0 heterocycles. The molecule has 0 unspecified atom stereocenters. The number of benzene rings is 2. The van der Waals surface area contributed by atoms with Crippen molar-refractivity contribution in [3.63, 3.8) is 0 Å². The van der Waals surface area contributed by atoms with Crippen molar-refractivity contribution in [1.29, 1.82) is 0 Å². The van der Waals surface area contributed by atoms with E-state index in [1.807, 2.05) is 30.3 Å². The molecular weight excluding hydrogens is 436 g/mol. The van der Waals surface area contributed by atoms with Crippen molar-refractivity contribution in [1.82, 2.24) is 5.43 Å². The first-order valence-electron chi connectivity index (χ1n) is 9.63. The van der Waals surface area contributed by atoms with Crippen molar-refractivity contribution in [2.75, 3.05) is 20.3 Å². The average molecular weight is 463 g/mol. The number of carbonyl (C=O) groups excluding carboxylic acids is 1. The van der Waals surface area contributed by atoms with Gasteiger partial charge in [-0.05, 0) is 48.4 Å². The third-order valence-corrected chi connectivity index (χ3v) is 4.51. The molecule has 0 aromatic heterocycles. The van der Waals surface area contributed by atoms with Crippen LogP contribution < -0.4 is 19.6 Å². The molecule has 0 spiro atoms. The molecule has 0 aliphatic heterocycles. The number of hydrazone groups is 1. The van der Waals surface area contributed by atoms with Gasteiger partial charge < -0.3 is 14.2 Å². The number of halogens is 1. The van der Waals surface area contributed by atoms with Gasteiger partial charge in [-0.15, -0.1) is 0 Å². The van der Waals surface area contributed by atoms with E-state index in [0.717, 1.165) is 22.9 Å². The van der Waals surface area contributed by atoms with Crippen molar-refractivity contribution < 1.29 is 19.0 Å². The summed E-state index contributed by atoms with van der Waals surface area (Å²) in [5.74, 6) is 1.59. The van der Waals surface area contributed by atoms with E-state index in [1.165, 1.54) is 12.8 Å². The van der Waals surface area contributed by atoms with E-state index in [0.29, 0.717) is 23.9 Å². The van der Waals surface area contributed by atoms with Gasteiger partial charge in [0, 0.05) is 4.47 Å². The first-order valence-corrected chi connectivity index (χ1v) is 10.4. The number of amides is 1. The maximum absolute atomic E-state index is 11.9. The van der Waals surface area contributed by atoms with Crippen LogP contribution in [0.1, 0.15) is 38.2 Å². The first-order chi connectivity index (χ1) is 14.1. The fourth-order valence-corrected chi connectivity index (χ4v) is 2.89. The summed E-state index contributed by atoms with van der Waals surface area (Å²) in [5.41, 5.74) is 3.23. The maximum atomic E-state index is 11.9. The fourth-order valence-electron chi connectivity index (χ4n) is 2.51. The molecule has 1 amide bonds. The number of unbranched alkanes of at least 4 members (excludes halogenated alkanes) is 3. The summed E-state index contributed by atoms with van der Waals surface area (Å²) in [5, 5.41) is 3.96. The summed E-state index contributed by atoms with van der Waals surface area (Å²) in [4.78, 5) is 11.9. The van der Waals surface area contributed by atoms with Crippen molar-refractivity contribution in [3.05, 3.63) is 52.5 Å². The topological polar surface area (TPSA) is 69.2 Å². The van der Waals surface area contributed by atoms with Gasteiger partial charge in [0.1, 0.15) is 5.75 Å². The third kappa shape index (κ3) is 8.56. The molecule has 0 atom stereocenters. The van der Waals surface area contributed by atoms with Crippen LogP contribution in [0.15, 0.2) is 52.0 Å². The molecular formula is C22H27BrN2O4. The lowest BCUT2D eigenvalue weighted by molar-refractivity contribution is -0.123. The smallest absolute Gasteiger partial charge is 0.277 e. The average Bonchev–Trinajstić information content (AvgIpc) is 2.73. The Morgan fingerprint density at radius 3 is 2.72 bits per heavy atom. The van der Waals surface area contributed by atoms with Gasteiger partial charge in [0.2, 0.25) is 0 Å². The molecule has 0 aliphatic rings. The molecule has 0 saturated heterocycles.